The Morgan fingerprint density at radius 2 is 1.94 bits per heavy atom. The molecule has 0 bridgehead atoms. The Morgan fingerprint density at radius 3 is 2.68 bits per heavy atom. The SMILES string of the molecule is C[C@H](O)C(C(=O)O)[C@@H]1CC1CCC1=CC(=O)C=C(/C=C2\CCCC3CCCCC23)C1O. The number of carbonyl (C=O) groups is 2. The Bertz CT molecular complexity index is 803. The minimum absolute atomic E-state index is 0.0165. The van der Waals surface area contributed by atoms with Crippen LogP contribution < -0.4 is 0 Å². The van der Waals surface area contributed by atoms with Crippen molar-refractivity contribution >= 4 is 11.8 Å². The summed E-state index contributed by atoms with van der Waals surface area (Å²) in [5, 5.41) is 30.1. The minimum Gasteiger partial charge on any atom is -0.481 e. The number of carboxylic acid groups (broad SMARTS) is 1. The van der Waals surface area contributed by atoms with Gasteiger partial charge in [-0.25, -0.2) is 0 Å². The van der Waals surface area contributed by atoms with Crippen LogP contribution in [0, 0.1) is 29.6 Å². The van der Waals surface area contributed by atoms with E-state index in [9.17, 15) is 24.9 Å². The number of fused-ring (bicyclic) bond motifs is 1. The molecule has 4 rings (SSSR count). The zero-order valence-electron chi connectivity index (χ0n) is 18.5. The molecule has 31 heavy (non-hydrogen) atoms. The second kappa shape index (κ2) is 9.41. The molecule has 170 valence electrons. The number of carbonyl (C=O) groups excluding carboxylic acids is 1. The van der Waals surface area contributed by atoms with Crippen LogP contribution in [0.15, 0.2) is 34.9 Å². The Kier molecular flexibility index (Phi) is 6.83. The molecular weight excluding hydrogens is 392 g/mol. The summed E-state index contributed by atoms with van der Waals surface area (Å²) in [7, 11) is 0. The predicted molar refractivity (Wildman–Crippen MR) is 118 cm³/mol. The molecule has 7 atom stereocenters. The van der Waals surface area contributed by atoms with Crippen molar-refractivity contribution in [1.82, 2.24) is 0 Å². The molecule has 0 aromatic rings. The number of aliphatic hydroxyl groups is 2. The van der Waals surface area contributed by atoms with Crippen molar-refractivity contribution in [3.63, 3.8) is 0 Å². The van der Waals surface area contributed by atoms with Crippen molar-refractivity contribution in [2.45, 2.75) is 83.3 Å². The fraction of sp³-hybridized carbons (Fsp3) is 0.692. The summed E-state index contributed by atoms with van der Waals surface area (Å²) in [5.74, 6) is -0.149. The lowest BCUT2D eigenvalue weighted by molar-refractivity contribution is -0.146. The highest BCUT2D eigenvalue weighted by atomic mass is 16.4. The summed E-state index contributed by atoms with van der Waals surface area (Å²) >= 11 is 0. The van der Waals surface area contributed by atoms with Crippen LogP contribution in [0.3, 0.4) is 0 Å². The van der Waals surface area contributed by atoms with Gasteiger partial charge in [-0.2, -0.15) is 0 Å². The van der Waals surface area contributed by atoms with Gasteiger partial charge in [0.25, 0.3) is 0 Å². The number of ketones is 1. The molecule has 3 N–H and O–H groups in total. The number of aliphatic hydroxyl groups excluding tert-OH is 2. The quantitative estimate of drug-likeness (QED) is 0.565. The molecule has 0 aliphatic heterocycles. The average molecular weight is 429 g/mol. The Balaban J connectivity index is 1.39. The molecule has 3 fully saturated rings. The standard InChI is InChI=1S/C26H36O5/c1-15(27)24(26(30)31)23-14-18(23)9-10-19-12-21(28)13-20(25(19)29)11-17-7-4-6-16-5-2-3-8-22(16)17/h11-13,15-16,18,22-25,27,29H,2-10,14H2,1H3,(H,30,31)/b17-11+/t15-,16?,18?,22?,23+,24?,25?/m0/s1. The molecule has 5 unspecified atom stereocenters. The van der Waals surface area contributed by atoms with Gasteiger partial charge >= 0.3 is 5.97 Å². The van der Waals surface area contributed by atoms with E-state index in [4.69, 9.17) is 0 Å². The molecule has 0 aromatic carbocycles. The highest BCUT2D eigenvalue weighted by molar-refractivity contribution is 6.02. The molecule has 0 saturated heterocycles. The van der Waals surface area contributed by atoms with Crippen LogP contribution in [0.1, 0.15) is 71.1 Å². The van der Waals surface area contributed by atoms with E-state index in [1.165, 1.54) is 51.0 Å². The first-order chi connectivity index (χ1) is 14.8. The van der Waals surface area contributed by atoms with E-state index >= 15 is 0 Å². The lowest BCUT2D eigenvalue weighted by atomic mass is 9.68. The van der Waals surface area contributed by atoms with E-state index in [0.29, 0.717) is 12.3 Å². The first-order valence-electron chi connectivity index (χ1n) is 12.1. The van der Waals surface area contributed by atoms with Crippen molar-refractivity contribution in [3.8, 4) is 0 Å². The monoisotopic (exact) mass is 428 g/mol. The van der Waals surface area contributed by atoms with Gasteiger partial charge in [0, 0.05) is 0 Å². The fourth-order valence-electron chi connectivity index (χ4n) is 6.42. The maximum Gasteiger partial charge on any atom is 0.309 e. The van der Waals surface area contributed by atoms with E-state index in [-0.39, 0.29) is 17.6 Å². The molecule has 4 aliphatic carbocycles. The van der Waals surface area contributed by atoms with Gasteiger partial charge in [0.15, 0.2) is 5.78 Å². The first kappa shape index (κ1) is 22.5. The minimum atomic E-state index is -0.945. The van der Waals surface area contributed by atoms with Gasteiger partial charge in [-0.3, -0.25) is 9.59 Å². The van der Waals surface area contributed by atoms with Crippen LogP contribution in [0.25, 0.3) is 0 Å². The summed E-state index contributed by atoms with van der Waals surface area (Å²) in [6.45, 7) is 1.53. The molecule has 5 heteroatoms. The summed E-state index contributed by atoms with van der Waals surface area (Å²) in [6, 6.07) is 0. The maximum absolute atomic E-state index is 12.4. The summed E-state index contributed by atoms with van der Waals surface area (Å²) in [5.41, 5.74) is 2.88. The number of hydrogen-bond donors (Lipinski definition) is 3. The van der Waals surface area contributed by atoms with E-state index in [1.807, 2.05) is 0 Å². The van der Waals surface area contributed by atoms with E-state index < -0.39 is 24.1 Å². The second-order valence-corrected chi connectivity index (χ2v) is 10.2. The van der Waals surface area contributed by atoms with Crippen LogP contribution in [0.4, 0.5) is 0 Å². The van der Waals surface area contributed by atoms with E-state index in [1.54, 1.807) is 12.2 Å². The number of rotatable bonds is 7. The highest BCUT2D eigenvalue weighted by Crippen LogP contribution is 2.49. The fourth-order valence-corrected chi connectivity index (χ4v) is 6.42. The second-order valence-electron chi connectivity index (χ2n) is 10.2. The molecule has 0 spiro atoms. The third kappa shape index (κ3) is 5.04. The van der Waals surface area contributed by atoms with Crippen molar-refractivity contribution in [2.75, 3.05) is 0 Å². The Hall–Kier alpha value is -1.72. The normalized spacial score (nSPS) is 36.3. The van der Waals surface area contributed by atoms with Gasteiger partial charge < -0.3 is 15.3 Å². The van der Waals surface area contributed by atoms with Crippen LogP contribution in [0.5, 0.6) is 0 Å². The van der Waals surface area contributed by atoms with Crippen LogP contribution in [0.2, 0.25) is 0 Å². The molecule has 0 amide bonds. The van der Waals surface area contributed by atoms with Crippen LogP contribution >= 0.6 is 0 Å². The molecular formula is C26H36O5. The van der Waals surface area contributed by atoms with Crippen LogP contribution in [-0.2, 0) is 9.59 Å². The van der Waals surface area contributed by atoms with Gasteiger partial charge in [-0.1, -0.05) is 24.5 Å². The average Bonchev–Trinajstić information content (AvgIpc) is 3.47. The third-order valence-corrected chi connectivity index (χ3v) is 8.13. The first-order valence-corrected chi connectivity index (χ1v) is 12.1. The lowest BCUT2D eigenvalue weighted by Crippen LogP contribution is -2.28. The molecule has 5 nitrogen and oxygen atoms in total. The zero-order valence-corrected chi connectivity index (χ0v) is 18.5. The summed E-state index contributed by atoms with van der Waals surface area (Å²) in [6.07, 6.45) is 14.5. The van der Waals surface area contributed by atoms with Crippen molar-refractivity contribution in [1.29, 1.82) is 0 Å². The van der Waals surface area contributed by atoms with E-state index in [2.05, 4.69) is 6.08 Å². The third-order valence-electron chi connectivity index (χ3n) is 8.13. The number of aliphatic carboxylic acids is 1. The van der Waals surface area contributed by atoms with E-state index in [0.717, 1.165) is 36.3 Å². The number of carboxylic acids is 1. The van der Waals surface area contributed by atoms with Gasteiger partial charge in [-0.15, -0.1) is 0 Å². The highest BCUT2D eigenvalue weighted by Gasteiger charge is 2.47. The van der Waals surface area contributed by atoms with Crippen molar-refractivity contribution in [2.24, 2.45) is 29.6 Å². The van der Waals surface area contributed by atoms with Gasteiger partial charge in [-0.05, 0) is 105 Å². The Morgan fingerprint density at radius 1 is 1.19 bits per heavy atom. The summed E-state index contributed by atoms with van der Waals surface area (Å²) in [4.78, 5) is 23.8. The summed E-state index contributed by atoms with van der Waals surface area (Å²) < 4.78 is 0. The van der Waals surface area contributed by atoms with Crippen molar-refractivity contribution in [3.05, 3.63) is 34.9 Å². The topological polar surface area (TPSA) is 94.8 Å². The molecule has 0 heterocycles. The molecule has 3 saturated carbocycles. The smallest absolute Gasteiger partial charge is 0.309 e. The molecule has 4 aliphatic rings. The van der Waals surface area contributed by atoms with Gasteiger partial charge in [0.05, 0.1) is 12.0 Å². The van der Waals surface area contributed by atoms with Crippen molar-refractivity contribution < 1.29 is 24.9 Å². The number of hydrogen-bond acceptors (Lipinski definition) is 4. The van der Waals surface area contributed by atoms with Crippen LogP contribution in [-0.4, -0.2) is 39.3 Å². The Labute approximate surface area is 184 Å². The lowest BCUT2D eigenvalue weighted by Gasteiger charge is -2.38. The zero-order chi connectivity index (χ0) is 22.1. The van der Waals surface area contributed by atoms with Gasteiger partial charge in [0.2, 0.25) is 0 Å². The maximum atomic E-state index is 12.4. The number of allylic oxidation sites excluding steroid dienone is 3. The largest absolute Gasteiger partial charge is 0.481 e. The van der Waals surface area contributed by atoms with Gasteiger partial charge in [0.1, 0.15) is 6.10 Å². The molecule has 0 aromatic heterocycles. The predicted octanol–water partition coefficient (Wildman–Crippen LogP) is 4.20. The molecule has 0 radical (unpaired) electrons.